The second-order valence-electron chi connectivity index (χ2n) is 8.10. The second-order valence-corrected chi connectivity index (χ2v) is 8.10. The van der Waals surface area contributed by atoms with E-state index < -0.39 is 0 Å². The first-order valence-electron chi connectivity index (χ1n) is 10.6. The van der Waals surface area contributed by atoms with Gasteiger partial charge in [0.1, 0.15) is 5.52 Å². The van der Waals surface area contributed by atoms with Crippen molar-refractivity contribution in [2.45, 2.75) is 58.7 Å². The van der Waals surface area contributed by atoms with Gasteiger partial charge in [-0.3, -0.25) is 14.8 Å². The molecule has 3 aromatic rings. The van der Waals surface area contributed by atoms with Gasteiger partial charge < -0.3 is 9.67 Å². The van der Waals surface area contributed by atoms with E-state index in [0.29, 0.717) is 41.6 Å². The standard InChI is InChI=1S/C23H30N4O2/c1-4-26-20-10-9-17(6-5-12-27-15(2)7-8-16(27)3)14-18(20)22-21(23(26)29)19(11-13-28)24-25-22/h5-6,9-10,14-16,28H,4,7-8,11-13H2,1-3H3,(H,24,25)/t15-,16-/m0/s1. The number of aliphatic hydroxyl groups is 1. The number of H-pyrrole nitrogens is 1. The summed E-state index contributed by atoms with van der Waals surface area (Å²) in [5.41, 5.74) is 3.34. The van der Waals surface area contributed by atoms with Gasteiger partial charge in [-0.05, 0) is 51.3 Å². The second kappa shape index (κ2) is 8.13. The number of fused-ring (bicyclic) bond motifs is 3. The maximum Gasteiger partial charge on any atom is 0.262 e. The molecule has 3 heterocycles. The van der Waals surface area contributed by atoms with E-state index in [9.17, 15) is 9.90 Å². The summed E-state index contributed by atoms with van der Waals surface area (Å²) in [4.78, 5) is 15.5. The molecule has 1 fully saturated rings. The molecule has 2 N–H and O–H groups in total. The van der Waals surface area contributed by atoms with E-state index in [4.69, 9.17) is 0 Å². The Morgan fingerprint density at radius 1 is 1.28 bits per heavy atom. The van der Waals surface area contributed by atoms with Crippen molar-refractivity contribution < 1.29 is 5.11 Å². The van der Waals surface area contributed by atoms with Crippen LogP contribution in [0.3, 0.4) is 0 Å². The number of aromatic amines is 1. The van der Waals surface area contributed by atoms with E-state index in [1.165, 1.54) is 12.8 Å². The van der Waals surface area contributed by atoms with Crippen LogP contribution in [0.25, 0.3) is 27.9 Å². The molecule has 4 rings (SSSR count). The number of hydrogen-bond donors (Lipinski definition) is 2. The molecule has 1 aliphatic heterocycles. The minimum atomic E-state index is -0.0486. The van der Waals surface area contributed by atoms with E-state index in [2.05, 4.69) is 53.2 Å². The molecule has 0 aliphatic carbocycles. The summed E-state index contributed by atoms with van der Waals surface area (Å²) in [7, 11) is 0. The largest absolute Gasteiger partial charge is 0.396 e. The van der Waals surface area contributed by atoms with Crippen molar-refractivity contribution in [3.05, 3.63) is 45.9 Å². The Labute approximate surface area is 170 Å². The molecule has 0 saturated carbocycles. The molecule has 2 aromatic heterocycles. The number of hydrogen-bond acceptors (Lipinski definition) is 4. The van der Waals surface area contributed by atoms with Gasteiger partial charge in [-0.2, -0.15) is 5.10 Å². The molecule has 0 spiro atoms. The fourth-order valence-corrected chi connectivity index (χ4v) is 4.66. The fourth-order valence-electron chi connectivity index (χ4n) is 4.66. The quantitative estimate of drug-likeness (QED) is 0.673. The minimum absolute atomic E-state index is 0.0168. The Morgan fingerprint density at radius 2 is 2.03 bits per heavy atom. The summed E-state index contributed by atoms with van der Waals surface area (Å²) >= 11 is 0. The fraction of sp³-hybridized carbons (Fsp3) is 0.478. The average Bonchev–Trinajstić information content (AvgIpc) is 3.27. The monoisotopic (exact) mass is 394 g/mol. The highest BCUT2D eigenvalue weighted by atomic mass is 16.3. The number of aryl methyl sites for hydroxylation is 1. The molecular weight excluding hydrogens is 364 g/mol. The van der Waals surface area contributed by atoms with Gasteiger partial charge in [0.2, 0.25) is 0 Å². The summed E-state index contributed by atoms with van der Waals surface area (Å²) in [6, 6.07) is 7.47. The summed E-state index contributed by atoms with van der Waals surface area (Å²) < 4.78 is 1.79. The highest BCUT2D eigenvalue weighted by Crippen LogP contribution is 2.26. The zero-order chi connectivity index (χ0) is 20.5. The molecule has 1 saturated heterocycles. The predicted molar refractivity (Wildman–Crippen MR) is 118 cm³/mol. The van der Waals surface area contributed by atoms with Crippen molar-refractivity contribution in [1.82, 2.24) is 19.7 Å². The topological polar surface area (TPSA) is 74.1 Å². The number of nitrogens with one attached hydrogen (secondary N) is 1. The average molecular weight is 395 g/mol. The third-order valence-electron chi connectivity index (χ3n) is 6.31. The Morgan fingerprint density at radius 3 is 2.72 bits per heavy atom. The lowest BCUT2D eigenvalue weighted by atomic mass is 10.1. The van der Waals surface area contributed by atoms with E-state index >= 15 is 0 Å². The van der Waals surface area contributed by atoms with Gasteiger partial charge in [0.05, 0.1) is 16.6 Å². The lowest BCUT2D eigenvalue weighted by Gasteiger charge is -2.24. The third kappa shape index (κ3) is 3.51. The van der Waals surface area contributed by atoms with Crippen LogP contribution in [0.5, 0.6) is 0 Å². The summed E-state index contributed by atoms with van der Waals surface area (Å²) in [5.74, 6) is 0. The maximum atomic E-state index is 13.0. The normalized spacial score (nSPS) is 20.6. The van der Waals surface area contributed by atoms with Crippen LogP contribution in [-0.2, 0) is 13.0 Å². The molecule has 0 bridgehead atoms. The van der Waals surface area contributed by atoms with Crippen molar-refractivity contribution in [2.24, 2.45) is 0 Å². The van der Waals surface area contributed by atoms with Gasteiger partial charge in [-0.15, -0.1) is 0 Å². The highest BCUT2D eigenvalue weighted by molar-refractivity contribution is 6.04. The lowest BCUT2D eigenvalue weighted by Crippen LogP contribution is -2.32. The number of likely N-dealkylation sites (tertiary alicyclic amines) is 1. The molecule has 154 valence electrons. The molecule has 6 heteroatoms. The van der Waals surface area contributed by atoms with Gasteiger partial charge in [0, 0.05) is 43.6 Å². The SMILES string of the molecule is CCn1c(=O)c2c(CCO)[nH]nc2c2cc(C=CCN3[C@@H](C)CC[C@@H]3C)ccc21. The molecular formula is C23H30N4O2. The van der Waals surface area contributed by atoms with Gasteiger partial charge in [-0.1, -0.05) is 18.2 Å². The third-order valence-corrected chi connectivity index (χ3v) is 6.31. The van der Waals surface area contributed by atoms with Crippen molar-refractivity contribution in [3.63, 3.8) is 0 Å². The van der Waals surface area contributed by atoms with Crippen molar-refractivity contribution in [3.8, 4) is 0 Å². The van der Waals surface area contributed by atoms with Crippen LogP contribution in [0.2, 0.25) is 0 Å². The number of aliphatic hydroxyl groups excluding tert-OH is 1. The number of aromatic nitrogens is 3. The van der Waals surface area contributed by atoms with Crippen LogP contribution < -0.4 is 5.56 Å². The molecule has 6 nitrogen and oxygen atoms in total. The van der Waals surface area contributed by atoms with Crippen LogP contribution in [0.4, 0.5) is 0 Å². The predicted octanol–water partition coefficient (Wildman–Crippen LogP) is 3.32. The molecule has 1 aliphatic rings. The number of pyridine rings is 1. The van der Waals surface area contributed by atoms with Crippen molar-refractivity contribution >= 4 is 27.9 Å². The highest BCUT2D eigenvalue weighted by Gasteiger charge is 2.25. The molecule has 1 aromatic carbocycles. The van der Waals surface area contributed by atoms with E-state index in [0.717, 1.165) is 23.0 Å². The zero-order valence-corrected chi connectivity index (χ0v) is 17.5. The molecule has 29 heavy (non-hydrogen) atoms. The number of rotatable bonds is 6. The summed E-state index contributed by atoms with van der Waals surface area (Å²) in [6.07, 6.45) is 7.33. The minimum Gasteiger partial charge on any atom is -0.396 e. The Hall–Kier alpha value is -2.44. The Balaban J connectivity index is 1.75. The first kappa shape index (κ1) is 19.9. The van der Waals surface area contributed by atoms with Crippen LogP contribution >= 0.6 is 0 Å². The van der Waals surface area contributed by atoms with E-state index in [1.54, 1.807) is 4.57 Å². The molecule has 0 unspecified atom stereocenters. The first-order valence-corrected chi connectivity index (χ1v) is 10.6. The zero-order valence-electron chi connectivity index (χ0n) is 17.5. The summed E-state index contributed by atoms with van der Waals surface area (Å²) in [6.45, 7) is 8.11. The van der Waals surface area contributed by atoms with E-state index in [-0.39, 0.29) is 12.2 Å². The van der Waals surface area contributed by atoms with Gasteiger partial charge in [0.25, 0.3) is 5.56 Å². The Bertz CT molecular complexity index is 1100. The van der Waals surface area contributed by atoms with Crippen LogP contribution in [0, 0.1) is 0 Å². The summed E-state index contributed by atoms with van der Waals surface area (Å²) in [5, 5.41) is 18.3. The number of nitrogens with zero attached hydrogens (tertiary/aromatic N) is 3. The molecule has 0 radical (unpaired) electrons. The molecule has 2 atom stereocenters. The van der Waals surface area contributed by atoms with Gasteiger partial charge in [-0.25, -0.2) is 0 Å². The lowest BCUT2D eigenvalue weighted by molar-refractivity contribution is 0.239. The van der Waals surface area contributed by atoms with Crippen LogP contribution in [-0.4, -0.2) is 50.0 Å². The molecule has 0 amide bonds. The van der Waals surface area contributed by atoms with Gasteiger partial charge in [0.15, 0.2) is 0 Å². The van der Waals surface area contributed by atoms with Crippen LogP contribution in [0.15, 0.2) is 29.1 Å². The van der Waals surface area contributed by atoms with Crippen molar-refractivity contribution in [2.75, 3.05) is 13.2 Å². The van der Waals surface area contributed by atoms with E-state index in [1.807, 2.05) is 13.0 Å². The smallest absolute Gasteiger partial charge is 0.262 e. The maximum absolute atomic E-state index is 13.0. The van der Waals surface area contributed by atoms with Crippen LogP contribution in [0.1, 0.15) is 44.9 Å². The van der Waals surface area contributed by atoms with Gasteiger partial charge >= 0.3 is 0 Å². The first-order chi connectivity index (χ1) is 14.0. The Kier molecular flexibility index (Phi) is 5.56. The number of benzene rings is 1. The van der Waals surface area contributed by atoms with Crippen molar-refractivity contribution in [1.29, 1.82) is 0 Å².